The van der Waals surface area contributed by atoms with Crippen molar-refractivity contribution in [2.75, 3.05) is 0 Å². The fourth-order valence-corrected chi connectivity index (χ4v) is 2.91. The molecule has 0 spiro atoms. The number of aromatic nitrogens is 3. The number of amides is 1. The van der Waals surface area contributed by atoms with Gasteiger partial charge in [-0.3, -0.25) is 9.89 Å². The summed E-state index contributed by atoms with van der Waals surface area (Å²) in [5.41, 5.74) is -1.21. The van der Waals surface area contributed by atoms with Gasteiger partial charge in [0.25, 0.3) is 5.91 Å². The summed E-state index contributed by atoms with van der Waals surface area (Å²) in [6.07, 6.45) is 4.63. The number of aromatic amines is 1. The lowest BCUT2D eigenvalue weighted by Gasteiger charge is -2.39. The van der Waals surface area contributed by atoms with Crippen LogP contribution >= 0.6 is 0 Å². The molecule has 1 aliphatic rings. The predicted molar refractivity (Wildman–Crippen MR) is 75.8 cm³/mol. The van der Waals surface area contributed by atoms with Crippen LogP contribution in [0.2, 0.25) is 0 Å². The Hall–Kier alpha value is -1.92. The topological polar surface area (TPSA) is 108 Å². The molecule has 1 aliphatic carbocycles. The highest BCUT2D eigenvalue weighted by molar-refractivity contribution is 5.95. The average Bonchev–Trinajstić information content (AvgIpc) is 2.90. The molecule has 1 fully saturated rings. The number of carbonyl (C=O) groups is 2. The molecular formula is C14H22N4O3. The zero-order valence-electron chi connectivity index (χ0n) is 12.5. The van der Waals surface area contributed by atoms with Gasteiger partial charge >= 0.3 is 5.97 Å². The second-order valence-corrected chi connectivity index (χ2v) is 5.73. The Labute approximate surface area is 123 Å². The van der Waals surface area contributed by atoms with Crippen LogP contribution in [0.1, 0.15) is 62.4 Å². The van der Waals surface area contributed by atoms with Gasteiger partial charge in [0.05, 0.1) is 0 Å². The average molecular weight is 294 g/mol. The fourth-order valence-electron chi connectivity index (χ4n) is 2.91. The molecule has 2 atom stereocenters. The van der Waals surface area contributed by atoms with E-state index in [4.69, 9.17) is 0 Å². The van der Waals surface area contributed by atoms with E-state index in [1.54, 1.807) is 0 Å². The van der Waals surface area contributed by atoms with E-state index in [0.29, 0.717) is 18.7 Å². The van der Waals surface area contributed by atoms with E-state index in [2.05, 4.69) is 20.5 Å². The Bertz CT molecular complexity index is 528. The van der Waals surface area contributed by atoms with Crippen LogP contribution in [0.5, 0.6) is 0 Å². The van der Waals surface area contributed by atoms with E-state index in [1.165, 1.54) is 0 Å². The first-order valence-corrected chi connectivity index (χ1v) is 7.46. The van der Waals surface area contributed by atoms with Crippen molar-refractivity contribution < 1.29 is 14.7 Å². The SMILES string of the molecule is CCCc1nc(C(=O)NC2(C(=O)O)CCCCC2C)n[nH]1. The highest BCUT2D eigenvalue weighted by Crippen LogP contribution is 2.34. The van der Waals surface area contributed by atoms with Gasteiger partial charge in [-0.25, -0.2) is 9.78 Å². The van der Waals surface area contributed by atoms with E-state index in [1.807, 2.05) is 13.8 Å². The van der Waals surface area contributed by atoms with Crippen molar-refractivity contribution in [1.82, 2.24) is 20.5 Å². The van der Waals surface area contributed by atoms with Crippen molar-refractivity contribution in [3.63, 3.8) is 0 Å². The summed E-state index contributed by atoms with van der Waals surface area (Å²) in [5.74, 6) is -0.959. The first-order valence-electron chi connectivity index (χ1n) is 7.46. The molecule has 1 aromatic heterocycles. The molecule has 3 N–H and O–H groups in total. The normalized spacial score (nSPS) is 25.5. The molecular weight excluding hydrogens is 272 g/mol. The highest BCUT2D eigenvalue weighted by Gasteiger charge is 2.46. The number of H-pyrrole nitrogens is 1. The molecule has 7 heteroatoms. The zero-order chi connectivity index (χ0) is 15.5. The maximum atomic E-state index is 12.3. The number of carboxylic acid groups (broad SMARTS) is 1. The van der Waals surface area contributed by atoms with E-state index in [9.17, 15) is 14.7 Å². The smallest absolute Gasteiger partial charge is 0.329 e. The molecule has 1 saturated carbocycles. The van der Waals surface area contributed by atoms with Crippen LogP contribution in [0.3, 0.4) is 0 Å². The van der Waals surface area contributed by atoms with Crippen LogP contribution < -0.4 is 5.32 Å². The number of nitrogens with one attached hydrogen (secondary N) is 2. The molecule has 116 valence electrons. The van der Waals surface area contributed by atoms with Crippen LogP contribution in [-0.2, 0) is 11.2 Å². The Morgan fingerprint density at radius 1 is 1.48 bits per heavy atom. The van der Waals surface area contributed by atoms with E-state index in [0.717, 1.165) is 25.7 Å². The third-order valence-corrected chi connectivity index (χ3v) is 4.24. The maximum absolute atomic E-state index is 12.3. The summed E-state index contributed by atoms with van der Waals surface area (Å²) in [4.78, 5) is 28.1. The maximum Gasteiger partial charge on any atom is 0.329 e. The van der Waals surface area contributed by atoms with Gasteiger partial charge in [-0.05, 0) is 25.2 Å². The molecule has 7 nitrogen and oxygen atoms in total. The van der Waals surface area contributed by atoms with Crippen molar-refractivity contribution in [3.8, 4) is 0 Å². The third kappa shape index (κ3) is 3.06. The van der Waals surface area contributed by atoms with Crippen LogP contribution in [-0.4, -0.2) is 37.7 Å². The molecule has 1 aromatic rings. The third-order valence-electron chi connectivity index (χ3n) is 4.24. The van der Waals surface area contributed by atoms with Crippen molar-refractivity contribution in [1.29, 1.82) is 0 Å². The number of aliphatic carboxylic acids is 1. The summed E-state index contributed by atoms with van der Waals surface area (Å²) in [7, 11) is 0. The lowest BCUT2D eigenvalue weighted by atomic mass is 9.73. The van der Waals surface area contributed by atoms with Crippen LogP contribution in [0.4, 0.5) is 0 Å². The number of rotatable bonds is 5. The molecule has 0 saturated heterocycles. The standard InChI is InChI=1S/C14H22N4O3/c1-3-6-10-15-11(18-17-10)12(19)16-14(13(20)21)8-5-4-7-9(14)2/h9H,3-8H2,1-2H3,(H,16,19)(H,20,21)(H,15,17,18). The lowest BCUT2D eigenvalue weighted by Crippen LogP contribution is -2.60. The Morgan fingerprint density at radius 2 is 2.24 bits per heavy atom. The van der Waals surface area contributed by atoms with Gasteiger partial charge in [0.15, 0.2) is 0 Å². The minimum atomic E-state index is -1.21. The van der Waals surface area contributed by atoms with E-state index < -0.39 is 17.4 Å². The number of hydrogen-bond acceptors (Lipinski definition) is 4. The first-order chi connectivity index (χ1) is 9.99. The Kier molecular flexibility index (Phi) is 4.59. The fraction of sp³-hybridized carbons (Fsp3) is 0.714. The molecule has 0 radical (unpaired) electrons. The lowest BCUT2D eigenvalue weighted by molar-refractivity contribution is -0.148. The minimum Gasteiger partial charge on any atom is -0.479 e. The Balaban J connectivity index is 2.16. The van der Waals surface area contributed by atoms with Gasteiger partial charge < -0.3 is 10.4 Å². The monoisotopic (exact) mass is 294 g/mol. The molecule has 21 heavy (non-hydrogen) atoms. The molecule has 2 rings (SSSR count). The first kappa shape index (κ1) is 15.5. The van der Waals surface area contributed by atoms with Crippen molar-refractivity contribution in [2.24, 2.45) is 5.92 Å². The van der Waals surface area contributed by atoms with Gasteiger partial charge in [0, 0.05) is 6.42 Å². The summed E-state index contributed by atoms with van der Waals surface area (Å²) < 4.78 is 0. The van der Waals surface area contributed by atoms with E-state index in [-0.39, 0.29) is 11.7 Å². The van der Waals surface area contributed by atoms with Crippen LogP contribution in [0.15, 0.2) is 0 Å². The second kappa shape index (κ2) is 6.24. The van der Waals surface area contributed by atoms with Gasteiger partial charge in [-0.15, -0.1) is 5.10 Å². The van der Waals surface area contributed by atoms with E-state index >= 15 is 0 Å². The largest absolute Gasteiger partial charge is 0.479 e. The van der Waals surface area contributed by atoms with Crippen molar-refractivity contribution in [3.05, 3.63) is 11.6 Å². The summed E-state index contributed by atoms with van der Waals surface area (Å²) in [6.45, 7) is 3.87. The van der Waals surface area contributed by atoms with Crippen molar-refractivity contribution in [2.45, 2.75) is 57.9 Å². The highest BCUT2D eigenvalue weighted by atomic mass is 16.4. The number of carbonyl (C=O) groups excluding carboxylic acids is 1. The zero-order valence-corrected chi connectivity index (χ0v) is 12.5. The number of aryl methyl sites for hydroxylation is 1. The number of nitrogens with zero attached hydrogens (tertiary/aromatic N) is 2. The minimum absolute atomic E-state index is 0.0110. The molecule has 0 aliphatic heterocycles. The van der Waals surface area contributed by atoms with Gasteiger partial charge in [0.1, 0.15) is 11.4 Å². The molecule has 2 unspecified atom stereocenters. The quantitative estimate of drug-likeness (QED) is 0.763. The van der Waals surface area contributed by atoms with Gasteiger partial charge in [-0.2, -0.15) is 0 Å². The van der Waals surface area contributed by atoms with Gasteiger partial charge in [0.2, 0.25) is 5.82 Å². The van der Waals surface area contributed by atoms with Crippen LogP contribution in [0.25, 0.3) is 0 Å². The van der Waals surface area contributed by atoms with Crippen molar-refractivity contribution >= 4 is 11.9 Å². The summed E-state index contributed by atoms with van der Waals surface area (Å²) >= 11 is 0. The second-order valence-electron chi connectivity index (χ2n) is 5.73. The molecule has 1 amide bonds. The predicted octanol–water partition coefficient (Wildman–Crippen LogP) is 1.52. The van der Waals surface area contributed by atoms with Gasteiger partial charge in [-0.1, -0.05) is 26.7 Å². The summed E-state index contributed by atoms with van der Waals surface area (Å²) in [5, 5.41) is 18.8. The molecule has 1 heterocycles. The van der Waals surface area contributed by atoms with Crippen LogP contribution in [0, 0.1) is 5.92 Å². The number of carboxylic acids is 1. The summed E-state index contributed by atoms with van der Waals surface area (Å²) in [6, 6.07) is 0. The molecule has 0 aromatic carbocycles. The Morgan fingerprint density at radius 3 is 2.86 bits per heavy atom. The number of hydrogen-bond donors (Lipinski definition) is 3. The molecule has 0 bridgehead atoms.